The number of alkyl halides is 2. The lowest BCUT2D eigenvalue weighted by atomic mass is 9.98. The molecule has 1 heterocycles. The zero-order chi connectivity index (χ0) is 20.9. The maximum atomic E-state index is 13.5. The summed E-state index contributed by atoms with van der Waals surface area (Å²) in [7, 11) is 1.67. The van der Waals surface area contributed by atoms with Crippen LogP contribution in [0.4, 0.5) is 8.78 Å². The van der Waals surface area contributed by atoms with Gasteiger partial charge in [-0.05, 0) is 42.7 Å². The Morgan fingerprint density at radius 1 is 0.897 bits per heavy atom. The van der Waals surface area contributed by atoms with Gasteiger partial charge in [0, 0.05) is 38.0 Å². The fourth-order valence-electron chi connectivity index (χ4n) is 3.64. The van der Waals surface area contributed by atoms with Crippen LogP contribution in [-0.4, -0.2) is 31.0 Å². The van der Waals surface area contributed by atoms with E-state index in [0.717, 1.165) is 28.0 Å². The van der Waals surface area contributed by atoms with Gasteiger partial charge in [-0.25, -0.2) is 8.78 Å². The third kappa shape index (κ3) is 5.77. The number of aryl methyl sites for hydroxylation is 2. The van der Waals surface area contributed by atoms with Crippen molar-refractivity contribution in [3.8, 4) is 16.9 Å². The molecule has 3 rings (SSSR count). The predicted molar refractivity (Wildman–Crippen MR) is 115 cm³/mol. The van der Waals surface area contributed by atoms with Crippen LogP contribution in [-0.2, 0) is 6.54 Å². The van der Waals surface area contributed by atoms with Crippen LogP contribution in [0.15, 0.2) is 60.7 Å². The summed E-state index contributed by atoms with van der Waals surface area (Å²) in [6.07, 6.45) is -0.125. The van der Waals surface area contributed by atoms with Gasteiger partial charge < -0.3 is 4.74 Å². The van der Waals surface area contributed by atoms with Crippen molar-refractivity contribution in [1.82, 2.24) is 4.90 Å². The van der Waals surface area contributed by atoms with Crippen LogP contribution < -0.4 is 4.74 Å². The Balaban J connectivity index is 1.96. The number of hydrogen-bond acceptors (Lipinski definition) is 2. The molecule has 2 aromatic carbocycles. The molecule has 1 saturated heterocycles. The molecule has 2 nitrogen and oxygen atoms in total. The fourth-order valence-corrected chi connectivity index (χ4v) is 3.64. The number of ether oxygens (including phenoxy) is 1. The molecule has 29 heavy (non-hydrogen) atoms. The summed E-state index contributed by atoms with van der Waals surface area (Å²) >= 11 is 0. The summed E-state index contributed by atoms with van der Waals surface area (Å²) < 4.78 is 32.5. The number of benzene rings is 1. The highest BCUT2D eigenvalue weighted by atomic mass is 19.3. The maximum absolute atomic E-state index is 13.5. The highest BCUT2D eigenvalue weighted by Crippen LogP contribution is 2.34. The van der Waals surface area contributed by atoms with Crippen molar-refractivity contribution < 1.29 is 13.5 Å². The third-order valence-electron chi connectivity index (χ3n) is 5.41. The van der Waals surface area contributed by atoms with Gasteiger partial charge in [0.25, 0.3) is 5.92 Å². The predicted octanol–water partition coefficient (Wildman–Crippen LogP) is 6.33. The highest BCUT2D eigenvalue weighted by molar-refractivity contribution is 5.73. The van der Waals surface area contributed by atoms with Crippen molar-refractivity contribution in [1.29, 1.82) is 0 Å². The molecule has 0 spiro atoms. The second-order valence-corrected chi connectivity index (χ2v) is 7.75. The third-order valence-corrected chi connectivity index (χ3v) is 5.41. The van der Waals surface area contributed by atoms with E-state index in [0.29, 0.717) is 19.6 Å². The average molecular weight is 398 g/mol. The summed E-state index contributed by atoms with van der Waals surface area (Å²) in [6, 6.07) is 20.6. The Morgan fingerprint density at radius 3 is 2.31 bits per heavy atom. The second-order valence-electron chi connectivity index (χ2n) is 7.75. The van der Waals surface area contributed by atoms with Gasteiger partial charge in [0.1, 0.15) is 5.75 Å². The zero-order valence-electron chi connectivity index (χ0n) is 17.4. The van der Waals surface area contributed by atoms with Crippen molar-refractivity contribution in [2.24, 2.45) is 0 Å². The Hall–Kier alpha value is -2.46. The number of methoxy groups -OCH3 is 1. The Bertz CT molecular complexity index is 899. The van der Waals surface area contributed by atoms with E-state index >= 15 is 0 Å². The topological polar surface area (TPSA) is 12.5 Å². The smallest absolute Gasteiger partial charge is 0.250 e. The van der Waals surface area contributed by atoms with Gasteiger partial charge in [-0.15, -0.1) is 0 Å². The first-order valence-electron chi connectivity index (χ1n) is 10.1. The summed E-state index contributed by atoms with van der Waals surface area (Å²) in [5.41, 5.74) is 5.53. The zero-order valence-corrected chi connectivity index (χ0v) is 17.4. The Kier molecular flexibility index (Phi) is 6.86. The largest absolute Gasteiger partial charge is 0.496 e. The summed E-state index contributed by atoms with van der Waals surface area (Å²) in [4.78, 5) is 2.10. The van der Waals surface area contributed by atoms with Gasteiger partial charge in [-0.1, -0.05) is 54.1 Å². The first-order chi connectivity index (χ1) is 13.9. The van der Waals surface area contributed by atoms with E-state index in [4.69, 9.17) is 4.74 Å². The monoisotopic (exact) mass is 397 g/mol. The SMILES string of the molecule is COc1ccc(CN2CCC(F)(F)CC2)cc1-c1ccccc(C)cccc1C. The van der Waals surface area contributed by atoms with E-state index in [1.165, 1.54) is 5.56 Å². The number of halogens is 2. The van der Waals surface area contributed by atoms with Crippen molar-refractivity contribution in [2.75, 3.05) is 20.2 Å². The van der Waals surface area contributed by atoms with Crippen molar-refractivity contribution in [3.05, 3.63) is 77.4 Å². The highest BCUT2D eigenvalue weighted by Gasteiger charge is 2.33. The quantitative estimate of drug-likeness (QED) is 0.597. The molecular formula is C25H29F2NO. The van der Waals surface area contributed by atoms with Crippen LogP contribution in [0.3, 0.4) is 0 Å². The minimum Gasteiger partial charge on any atom is -0.496 e. The number of nitrogens with zero attached hydrogens (tertiary/aromatic N) is 1. The van der Waals surface area contributed by atoms with E-state index in [9.17, 15) is 8.78 Å². The first kappa shape index (κ1) is 21.3. The Labute approximate surface area is 172 Å². The summed E-state index contributed by atoms with van der Waals surface area (Å²) in [5, 5.41) is 0. The molecule has 0 unspecified atom stereocenters. The van der Waals surface area contributed by atoms with Crippen LogP contribution in [0.25, 0.3) is 11.1 Å². The van der Waals surface area contributed by atoms with Gasteiger partial charge in [0.2, 0.25) is 0 Å². The lowest BCUT2D eigenvalue weighted by Crippen LogP contribution is -2.38. The second kappa shape index (κ2) is 9.36. The van der Waals surface area contributed by atoms with E-state index < -0.39 is 5.92 Å². The van der Waals surface area contributed by atoms with Crippen molar-refractivity contribution >= 4 is 0 Å². The van der Waals surface area contributed by atoms with Crippen molar-refractivity contribution in [3.63, 3.8) is 0 Å². The Morgan fingerprint density at radius 2 is 1.59 bits per heavy atom. The molecule has 0 bridgehead atoms. The molecule has 0 amide bonds. The molecule has 154 valence electrons. The first-order valence-corrected chi connectivity index (χ1v) is 10.1. The standard InChI is InChI=1S/C25H29F2NO/c1-19-7-4-5-10-22(20(2)9-6-8-19)23-17-21(11-12-24(23)29-3)18-28-15-13-25(26,27)14-16-28/h4-12,17H,13-16,18H2,1-3H3. The molecule has 1 aliphatic heterocycles. The molecule has 4 heteroatoms. The van der Waals surface area contributed by atoms with Crippen LogP contribution in [0.1, 0.15) is 29.5 Å². The molecule has 1 aliphatic rings. The summed E-state index contributed by atoms with van der Waals surface area (Å²) in [5.74, 6) is -1.71. The molecule has 2 aromatic rings. The molecule has 0 saturated carbocycles. The van der Waals surface area contributed by atoms with Gasteiger partial charge >= 0.3 is 0 Å². The molecule has 0 atom stereocenters. The van der Waals surface area contributed by atoms with Gasteiger partial charge in [0.15, 0.2) is 0 Å². The molecule has 0 aromatic heterocycles. The van der Waals surface area contributed by atoms with E-state index in [1.807, 2.05) is 24.3 Å². The lowest BCUT2D eigenvalue weighted by molar-refractivity contribution is -0.0566. The number of hydrogen-bond donors (Lipinski definition) is 0. The van der Waals surface area contributed by atoms with E-state index in [1.54, 1.807) is 7.11 Å². The molecular weight excluding hydrogens is 368 g/mol. The van der Waals surface area contributed by atoms with Gasteiger partial charge in [0.05, 0.1) is 7.11 Å². The minimum absolute atomic E-state index is 0.0624. The number of likely N-dealkylation sites (tertiary alicyclic amines) is 1. The van der Waals surface area contributed by atoms with Crippen molar-refractivity contribution in [2.45, 2.75) is 39.2 Å². The fraction of sp³-hybridized carbons (Fsp3) is 0.360. The molecule has 1 fully saturated rings. The number of piperidine rings is 1. The molecule has 0 N–H and O–H groups in total. The van der Waals surface area contributed by atoms with Crippen LogP contribution in [0.5, 0.6) is 5.75 Å². The van der Waals surface area contributed by atoms with E-state index in [2.05, 4.69) is 55.1 Å². The number of rotatable bonds is 4. The van der Waals surface area contributed by atoms with Crippen LogP contribution in [0.2, 0.25) is 0 Å². The lowest BCUT2D eigenvalue weighted by Gasteiger charge is -2.31. The average Bonchev–Trinajstić information content (AvgIpc) is 2.69. The molecule has 0 radical (unpaired) electrons. The van der Waals surface area contributed by atoms with Gasteiger partial charge in [-0.2, -0.15) is 0 Å². The molecule has 0 aliphatic carbocycles. The van der Waals surface area contributed by atoms with Crippen LogP contribution in [0, 0.1) is 13.8 Å². The maximum Gasteiger partial charge on any atom is 0.250 e. The van der Waals surface area contributed by atoms with Crippen LogP contribution >= 0.6 is 0 Å². The summed E-state index contributed by atoms with van der Waals surface area (Å²) in [6.45, 7) is 5.67. The van der Waals surface area contributed by atoms with Gasteiger partial charge in [-0.3, -0.25) is 4.90 Å². The van der Waals surface area contributed by atoms with E-state index in [-0.39, 0.29) is 12.8 Å². The normalized spacial score (nSPS) is 16.2. The minimum atomic E-state index is -2.52.